The molecule has 0 radical (unpaired) electrons. The van der Waals surface area contributed by atoms with E-state index in [1.165, 1.54) is 0 Å². The van der Waals surface area contributed by atoms with Crippen molar-refractivity contribution < 1.29 is 28.5 Å². The lowest BCUT2D eigenvalue weighted by Crippen LogP contribution is -2.49. The Morgan fingerprint density at radius 1 is 0.976 bits per heavy atom. The second kappa shape index (κ2) is 13.4. The van der Waals surface area contributed by atoms with Gasteiger partial charge in [-0.05, 0) is 42.7 Å². The fraction of sp³-hybridized carbons (Fsp3) is 0.516. The molecule has 220 valence electrons. The van der Waals surface area contributed by atoms with Gasteiger partial charge < -0.3 is 23.8 Å². The molecule has 1 atom stereocenters. The fourth-order valence-electron chi connectivity index (χ4n) is 5.53. The standard InChI is InChI=1S/C31H40N4O6/c1-38-24-9-7-22(8-10-24)28-20-27(26-12-11-25(39-2)19-29(26)40-3)32-35(28)30(36)21-34(31(37)23-5-4-6-23)14-13-33-15-17-41-18-16-33/h7-12,19,23,28H,4-6,13-18,20-21H2,1-3H3/t28-/m1/s1. The van der Waals surface area contributed by atoms with Gasteiger partial charge in [0.15, 0.2) is 0 Å². The summed E-state index contributed by atoms with van der Waals surface area (Å²) in [6.07, 6.45) is 3.34. The van der Waals surface area contributed by atoms with Gasteiger partial charge >= 0.3 is 0 Å². The summed E-state index contributed by atoms with van der Waals surface area (Å²) in [5, 5.41) is 6.40. The third-order valence-corrected chi connectivity index (χ3v) is 8.27. The molecule has 10 nitrogen and oxygen atoms in total. The third-order valence-electron chi connectivity index (χ3n) is 8.27. The lowest BCUT2D eigenvalue weighted by Gasteiger charge is -2.34. The van der Waals surface area contributed by atoms with Crippen molar-refractivity contribution in [1.29, 1.82) is 0 Å². The first-order valence-corrected chi connectivity index (χ1v) is 14.4. The Kier molecular flexibility index (Phi) is 9.41. The lowest BCUT2D eigenvalue weighted by molar-refractivity contribution is -0.145. The van der Waals surface area contributed by atoms with Crippen LogP contribution in [0.15, 0.2) is 47.6 Å². The first-order chi connectivity index (χ1) is 20.0. The van der Waals surface area contributed by atoms with E-state index in [2.05, 4.69) is 4.90 Å². The Labute approximate surface area is 241 Å². The van der Waals surface area contributed by atoms with Crippen LogP contribution in [-0.4, -0.2) is 99.6 Å². The molecule has 2 aromatic rings. The number of hydrazone groups is 1. The van der Waals surface area contributed by atoms with Crippen molar-refractivity contribution in [3.8, 4) is 17.2 Å². The van der Waals surface area contributed by atoms with Crippen LogP contribution in [0.5, 0.6) is 17.2 Å². The maximum Gasteiger partial charge on any atom is 0.262 e. The van der Waals surface area contributed by atoms with Crippen LogP contribution >= 0.6 is 0 Å². The summed E-state index contributed by atoms with van der Waals surface area (Å²) in [5.41, 5.74) is 2.48. The van der Waals surface area contributed by atoms with Crippen molar-refractivity contribution in [2.45, 2.75) is 31.7 Å². The van der Waals surface area contributed by atoms with Crippen molar-refractivity contribution in [2.24, 2.45) is 11.0 Å². The van der Waals surface area contributed by atoms with Gasteiger partial charge in [0, 0.05) is 50.1 Å². The zero-order valence-corrected chi connectivity index (χ0v) is 24.2. The highest BCUT2D eigenvalue weighted by Crippen LogP contribution is 2.37. The number of carbonyl (C=O) groups excluding carboxylic acids is 2. The highest BCUT2D eigenvalue weighted by molar-refractivity contribution is 6.05. The van der Waals surface area contributed by atoms with Crippen molar-refractivity contribution in [2.75, 3.05) is 67.3 Å². The molecule has 1 saturated heterocycles. The van der Waals surface area contributed by atoms with Crippen LogP contribution in [0.1, 0.15) is 42.9 Å². The number of carbonyl (C=O) groups is 2. The van der Waals surface area contributed by atoms with E-state index in [1.54, 1.807) is 31.2 Å². The minimum Gasteiger partial charge on any atom is -0.497 e. The maximum absolute atomic E-state index is 14.0. The Morgan fingerprint density at radius 2 is 1.68 bits per heavy atom. The molecule has 2 aromatic carbocycles. The smallest absolute Gasteiger partial charge is 0.262 e. The summed E-state index contributed by atoms with van der Waals surface area (Å²) in [6.45, 7) is 4.27. The van der Waals surface area contributed by atoms with Crippen LogP contribution in [0.3, 0.4) is 0 Å². The van der Waals surface area contributed by atoms with Gasteiger partial charge in [-0.15, -0.1) is 0 Å². The van der Waals surface area contributed by atoms with E-state index in [4.69, 9.17) is 24.0 Å². The first kappa shape index (κ1) is 28.9. The number of morpholine rings is 1. The molecule has 2 heterocycles. The van der Waals surface area contributed by atoms with Gasteiger partial charge in [-0.3, -0.25) is 14.5 Å². The number of rotatable bonds is 11. The number of methoxy groups -OCH3 is 3. The summed E-state index contributed by atoms with van der Waals surface area (Å²) in [6, 6.07) is 13.0. The fourth-order valence-corrected chi connectivity index (χ4v) is 5.53. The summed E-state index contributed by atoms with van der Waals surface area (Å²) in [4.78, 5) is 31.5. The average molecular weight is 565 g/mol. The molecule has 0 unspecified atom stereocenters. The van der Waals surface area contributed by atoms with Gasteiger partial charge in [-0.25, -0.2) is 5.01 Å². The zero-order valence-electron chi connectivity index (χ0n) is 24.2. The van der Waals surface area contributed by atoms with E-state index in [-0.39, 0.29) is 30.3 Å². The molecule has 2 aliphatic heterocycles. The van der Waals surface area contributed by atoms with Crippen molar-refractivity contribution >= 4 is 17.5 Å². The zero-order chi connectivity index (χ0) is 28.8. The van der Waals surface area contributed by atoms with E-state index >= 15 is 0 Å². The second-order valence-corrected chi connectivity index (χ2v) is 10.7. The molecule has 0 N–H and O–H groups in total. The third kappa shape index (κ3) is 6.65. The van der Waals surface area contributed by atoms with Crippen molar-refractivity contribution in [3.63, 3.8) is 0 Å². The van der Waals surface area contributed by atoms with Crippen molar-refractivity contribution in [3.05, 3.63) is 53.6 Å². The van der Waals surface area contributed by atoms with Crippen molar-refractivity contribution in [1.82, 2.24) is 14.8 Å². The van der Waals surface area contributed by atoms with Gasteiger partial charge in [0.1, 0.15) is 23.8 Å². The molecular weight excluding hydrogens is 524 g/mol. The van der Waals surface area contributed by atoms with Crippen LogP contribution < -0.4 is 14.2 Å². The van der Waals surface area contributed by atoms with Crippen LogP contribution in [0.4, 0.5) is 0 Å². The summed E-state index contributed by atoms with van der Waals surface area (Å²) >= 11 is 0. The van der Waals surface area contributed by atoms with Crippen LogP contribution in [0, 0.1) is 5.92 Å². The molecule has 10 heteroatoms. The Bertz CT molecular complexity index is 1240. The lowest BCUT2D eigenvalue weighted by atomic mass is 9.84. The average Bonchev–Trinajstić information content (AvgIpc) is 3.44. The molecule has 41 heavy (non-hydrogen) atoms. The van der Waals surface area contributed by atoms with Crippen LogP contribution in [0.25, 0.3) is 0 Å². The largest absolute Gasteiger partial charge is 0.497 e. The molecule has 5 rings (SSSR count). The van der Waals surface area contributed by atoms with Gasteiger partial charge in [-0.1, -0.05) is 18.6 Å². The Balaban J connectivity index is 1.41. The maximum atomic E-state index is 14.0. The Morgan fingerprint density at radius 3 is 2.32 bits per heavy atom. The number of ether oxygens (including phenoxy) is 4. The van der Waals surface area contributed by atoms with E-state index in [9.17, 15) is 9.59 Å². The predicted molar refractivity (Wildman–Crippen MR) is 154 cm³/mol. The minimum absolute atomic E-state index is 0.00562. The number of hydrogen-bond acceptors (Lipinski definition) is 8. The van der Waals surface area contributed by atoms with E-state index < -0.39 is 0 Å². The minimum atomic E-state index is -0.324. The number of benzene rings is 2. The van der Waals surface area contributed by atoms with Gasteiger partial charge in [0.25, 0.3) is 5.91 Å². The quantitative estimate of drug-likeness (QED) is 0.413. The molecule has 1 aliphatic carbocycles. The van der Waals surface area contributed by atoms with Gasteiger partial charge in [-0.2, -0.15) is 5.10 Å². The first-order valence-electron chi connectivity index (χ1n) is 14.4. The molecule has 3 aliphatic rings. The van der Waals surface area contributed by atoms with E-state index in [1.807, 2.05) is 42.5 Å². The topological polar surface area (TPSA) is 93.1 Å². The van der Waals surface area contributed by atoms with Gasteiger partial charge in [0.05, 0.1) is 46.3 Å². The van der Waals surface area contributed by atoms with Crippen LogP contribution in [-0.2, 0) is 14.3 Å². The Hall–Kier alpha value is -3.63. The summed E-state index contributed by atoms with van der Waals surface area (Å²) in [7, 11) is 4.84. The molecule has 0 spiro atoms. The highest BCUT2D eigenvalue weighted by atomic mass is 16.5. The summed E-state index contributed by atoms with van der Waals surface area (Å²) < 4.78 is 21.8. The monoisotopic (exact) mass is 564 g/mol. The molecule has 2 amide bonds. The van der Waals surface area contributed by atoms with Crippen LogP contribution in [0.2, 0.25) is 0 Å². The SMILES string of the molecule is COc1ccc([C@H]2CC(c3ccc(OC)cc3OC)=NN2C(=O)CN(CCN2CCOCC2)C(=O)C2CCC2)cc1. The normalized spacial score (nSPS) is 19.3. The number of amides is 2. The molecule has 0 aromatic heterocycles. The molecule has 1 saturated carbocycles. The number of nitrogens with zero attached hydrogens (tertiary/aromatic N) is 4. The second-order valence-electron chi connectivity index (χ2n) is 10.7. The van der Waals surface area contributed by atoms with E-state index in [0.29, 0.717) is 44.2 Å². The highest BCUT2D eigenvalue weighted by Gasteiger charge is 2.37. The van der Waals surface area contributed by atoms with Gasteiger partial charge in [0.2, 0.25) is 5.91 Å². The number of hydrogen-bond donors (Lipinski definition) is 0. The predicted octanol–water partition coefficient (Wildman–Crippen LogP) is 3.35. The molecule has 0 bridgehead atoms. The van der Waals surface area contributed by atoms with E-state index in [0.717, 1.165) is 54.9 Å². The molecule has 2 fully saturated rings. The summed E-state index contributed by atoms with van der Waals surface area (Å²) in [5.74, 6) is 1.91. The molecular formula is C31H40N4O6.